The number of aliphatic hydroxyl groups is 1. The normalized spacial score (nSPS) is 16.2. The molecule has 0 spiro atoms. The van der Waals surface area contributed by atoms with Crippen molar-refractivity contribution in [2.45, 2.75) is 30.7 Å². The maximum atomic E-state index is 12.6. The molecule has 0 amide bonds. The molecule has 0 atom stereocenters. The molecule has 18 heavy (non-hydrogen) atoms. The fraction of sp³-hybridized carbons (Fsp3) is 0.500. The summed E-state index contributed by atoms with van der Waals surface area (Å²) in [6.07, 6.45) is 1.76. The quantitative estimate of drug-likeness (QED) is 0.895. The SMILES string of the molecule is Cc1c(Br)cccc1S(=O)(=O)N(CCO)C1CC1. The molecule has 1 aromatic rings. The van der Waals surface area contributed by atoms with Crippen LogP contribution >= 0.6 is 15.9 Å². The number of sulfonamides is 1. The predicted octanol–water partition coefficient (Wildman–Crippen LogP) is 1.90. The summed E-state index contributed by atoms with van der Waals surface area (Å²) in [5.41, 5.74) is 0.709. The van der Waals surface area contributed by atoms with Gasteiger partial charge in [-0.1, -0.05) is 22.0 Å². The molecule has 1 fully saturated rings. The predicted molar refractivity (Wildman–Crippen MR) is 72.9 cm³/mol. The topological polar surface area (TPSA) is 57.6 Å². The van der Waals surface area contributed by atoms with E-state index < -0.39 is 10.0 Å². The molecule has 6 heteroatoms. The van der Waals surface area contributed by atoms with Gasteiger partial charge >= 0.3 is 0 Å². The van der Waals surface area contributed by atoms with Crippen LogP contribution in [0, 0.1) is 6.92 Å². The molecule has 1 saturated carbocycles. The van der Waals surface area contributed by atoms with E-state index in [-0.39, 0.29) is 19.2 Å². The second kappa shape index (κ2) is 5.28. The number of benzene rings is 1. The zero-order valence-corrected chi connectivity index (χ0v) is 12.5. The van der Waals surface area contributed by atoms with Crippen LogP contribution in [0.25, 0.3) is 0 Å². The van der Waals surface area contributed by atoms with Gasteiger partial charge in [0.05, 0.1) is 11.5 Å². The van der Waals surface area contributed by atoms with E-state index in [2.05, 4.69) is 15.9 Å². The van der Waals surface area contributed by atoms with Gasteiger partial charge < -0.3 is 5.11 Å². The van der Waals surface area contributed by atoms with Crippen LogP contribution in [0.3, 0.4) is 0 Å². The summed E-state index contributed by atoms with van der Waals surface area (Å²) >= 11 is 3.35. The van der Waals surface area contributed by atoms with Gasteiger partial charge in [0.2, 0.25) is 10.0 Å². The van der Waals surface area contributed by atoms with E-state index in [4.69, 9.17) is 5.11 Å². The van der Waals surface area contributed by atoms with E-state index >= 15 is 0 Å². The summed E-state index contributed by atoms with van der Waals surface area (Å²) in [5.74, 6) is 0. The summed E-state index contributed by atoms with van der Waals surface area (Å²) in [6.45, 7) is 1.79. The Kier molecular flexibility index (Phi) is 4.11. The lowest BCUT2D eigenvalue weighted by Gasteiger charge is -2.22. The molecule has 4 nitrogen and oxygen atoms in total. The maximum Gasteiger partial charge on any atom is 0.243 e. The maximum absolute atomic E-state index is 12.6. The number of aliphatic hydroxyl groups excluding tert-OH is 1. The second-order valence-electron chi connectivity index (χ2n) is 4.43. The van der Waals surface area contributed by atoms with E-state index in [1.54, 1.807) is 19.1 Å². The summed E-state index contributed by atoms with van der Waals surface area (Å²) in [6, 6.07) is 5.21. The third-order valence-electron chi connectivity index (χ3n) is 3.08. The summed E-state index contributed by atoms with van der Waals surface area (Å²) in [4.78, 5) is 0.317. The molecule has 0 unspecified atom stereocenters. The zero-order valence-electron chi connectivity index (χ0n) is 10.1. The lowest BCUT2D eigenvalue weighted by atomic mass is 10.2. The summed E-state index contributed by atoms with van der Waals surface area (Å²) in [7, 11) is -3.51. The fourth-order valence-electron chi connectivity index (χ4n) is 1.95. The smallest absolute Gasteiger partial charge is 0.243 e. The van der Waals surface area contributed by atoms with Gasteiger partial charge in [0.15, 0.2) is 0 Å². The van der Waals surface area contributed by atoms with Crippen molar-refractivity contribution in [3.05, 3.63) is 28.2 Å². The van der Waals surface area contributed by atoms with Crippen molar-refractivity contribution >= 4 is 26.0 Å². The van der Waals surface area contributed by atoms with Crippen LogP contribution in [-0.4, -0.2) is 37.0 Å². The molecule has 1 N–H and O–H groups in total. The van der Waals surface area contributed by atoms with E-state index in [0.29, 0.717) is 10.5 Å². The van der Waals surface area contributed by atoms with Crippen molar-refractivity contribution in [3.63, 3.8) is 0 Å². The highest BCUT2D eigenvalue weighted by molar-refractivity contribution is 9.10. The number of rotatable bonds is 5. The molecule has 1 aliphatic carbocycles. The molecular formula is C12H16BrNO3S. The first-order chi connectivity index (χ1) is 8.48. The lowest BCUT2D eigenvalue weighted by Crippen LogP contribution is -2.35. The standard InChI is InChI=1S/C12H16BrNO3S/c1-9-11(13)3-2-4-12(9)18(16,17)14(7-8-15)10-5-6-10/h2-4,10,15H,5-8H2,1H3. The van der Waals surface area contributed by atoms with Gasteiger partial charge in [-0.3, -0.25) is 0 Å². The van der Waals surface area contributed by atoms with Gasteiger partial charge in [0, 0.05) is 17.1 Å². The van der Waals surface area contributed by atoms with Crippen LogP contribution in [0.2, 0.25) is 0 Å². The van der Waals surface area contributed by atoms with E-state index in [1.165, 1.54) is 4.31 Å². The fourth-order valence-corrected chi connectivity index (χ4v) is 4.38. The molecule has 0 heterocycles. The molecule has 0 saturated heterocycles. The Labute approximate surface area is 116 Å². The molecule has 2 rings (SSSR count). The molecule has 1 aliphatic rings. The van der Waals surface area contributed by atoms with Crippen LogP contribution in [0.1, 0.15) is 18.4 Å². The lowest BCUT2D eigenvalue weighted by molar-refractivity contribution is 0.250. The molecule has 0 radical (unpaired) electrons. The average Bonchev–Trinajstić information content (AvgIpc) is 3.13. The molecular weight excluding hydrogens is 318 g/mol. The average molecular weight is 334 g/mol. The minimum atomic E-state index is -3.51. The van der Waals surface area contributed by atoms with Crippen LogP contribution < -0.4 is 0 Å². The van der Waals surface area contributed by atoms with Gasteiger partial charge in [-0.15, -0.1) is 0 Å². The van der Waals surface area contributed by atoms with Crippen molar-refractivity contribution in [1.29, 1.82) is 0 Å². The first-order valence-electron chi connectivity index (χ1n) is 5.86. The molecule has 0 aromatic heterocycles. The first-order valence-corrected chi connectivity index (χ1v) is 8.09. The van der Waals surface area contributed by atoms with Crippen LogP contribution in [-0.2, 0) is 10.0 Å². The molecule has 0 bridgehead atoms. The van der Waals surface area contributed by atoms with Crippen molar-refractivity contribution < 1.29 is 13.5 Å². The Balaban J connectivity index is 2.43. The van der Waals surface area contributed by atoms with Crippen LogP contribution in [0.15, 0.2) is 27.6 Å². The Morgan fingerprint density at radius 2 is 2.11 bits per heavy atom. The third-order valence-corrected chi connectivity index (χ3v) is 6.03. The minimum Gasteiger partial charge on any atom is -0.395 e. The first kappa shape index (κ1) is 14.0. The number of hydrogen-bond acceptors (Lipinski definition) is 3. The highest BCUT2D eigenvalue weighted by Gasteiger charge is 2.38. The molecule has 100 valence electrons. The second-order valence-corrected chi connectivity index (χ2v) is 7.15. The Morgan fingerprint density at radius 1 is 1.44 bits per heavy atom. The monoisotopic (exact) mass is 333 g/mol. The molecule has 0 aliphatic heterocycles. The van der Waals surface area contributed by atoms with Crippen molar-refractivity contribution in [2.24, 2.45) is 0 Å². The van der Waals surface area contributed by atoms with E-state index in [0.717, 1.165) is 17.3 Å². The van der Waals surface area contributed by atoms with Gasteiger partial charge in [0.1, 0.15) is 0 Å². The van der Waals surface area contributed by atoms with E-state index in [9.17, 15) is 8.42 Å². The Morgan fingerprint density at radius 3 is 2.67 bits per heavy atom. The van der Waals surface area contributed by atoms with Crippen molar-refractivity contribution in [3.8, 4) is 0 Å². The van der Waals surface area contributed by atoms with Gasteiger partial charge in [0.25, 0.3) is 0 Å². The largest absolute Gasteiger partial charge is 0.395 e. The van der Waals surface area contributed by atoms with Gasteiger partial charge in [-0.05, 0) is 37.5 Å². The molecule has 1 aromatic carbocycles. The zero-order chi connectivity index (χ0) is 13.3. The van der Waals surface area contributed by atoms with E-state index in [1.807, 2.05) is 6.07 Å². The Hall–Kier alpha value is -0.430. The number of nitrogens with zero attached hydrogens (tertiary/aromatic N) is 1. The number of halogens is 1. The minimum absolute atomic E-state index is 0.0560. The van der Waals surface area contributed by atoms with Crippen molar-refractivity contribution in [1.82, 2.24) is 4.31 Å². The van der Waals surface area contributed by atoms with Gasteiger partial charge in [-0.2, -0.15) is 4.31 Å². The number of hydrogen-bond donors (Lipinski definition) is 1. The summed E-state index contributed by atoms with van der Waals surface area (Å²) < 4.78 is 27.3. The highest BCUT2D eigenvalue weighted by Crippen LogP contribution is 2.33. The van der Waals surface area contributed by atoms with Crippen LogP contribution in [0.4, 0.5) is 0 Å². The van der Waals surface area contributed by atoms with Crippen LogP contribution in [0.5, 0.6) is 0 Å². The Bertz CT molecular complexity index is 540. The summed E-state index contributed by atoms with van der Waals surface area (Å²) in [5, 5.41) is 9.03. The third kappa shape index (κ3) is 2.61. The van der Waals surface area contributed by atoms with Crippen molar-refractivity contribution in [2.75, 3.05) is 13.2 Å². The highest BCUT2D eigenvalue weighted by atomic mass is 79.9. The van der Waals surface area contributed by atoms with Gasteiger partial charge in [-0.25, -0.2) is 8.42 Å².